The third-order valence-electron chi connectivity index (χ3n) is 2.49. The van der Waals surface area contributed by atoms with Crippen LogP contribution in [-0.4, -0.2) is 36.2 Å². The minimum Gasteiger partial charge on any atom is -0.502 e. The van der Waals surface area contributed by atoms with Gasteiger partial charge in [-0.3, -0.25) is 10.1 Å². The second-order valence-electron chi connectivity index (χ2n) is 3.82. The van der Waals surface area contributed by atoms with Crippen molar-refractivity contribution in [3.05, 3.63) is 28.3 Å². The summed E-state index contributed by atoms with van der Waals surface area (Å²) in [6.07, 6.45) is 0.371. The molecule has 0 unspecified atom stereocenters. The van der Waals surface area contributed by atoms with E-state index in [1.54, 1.807) is 6.92 Å². The van der Waals surface area contributed by atoms with Crippen molar-refractivity contribution in [2.75, 3.05) is 6.61 Å². The minimum absolute atomic E-state index is 0.344. The number of aliphatic hydroxyl groups excluding tert-OH is 1. The fourth-order valence-corrected chi connectivity index (χ4v) is 2.68. The number of nitro benzene ring substituents is 1. The van der Waals surface area contributed by atoms with Gasteiger partial charge in [0.2, 0.25) is 10.0 Å². The zero-order valence-corrected chi connectivity index (χ0v) is 10.9. The predicted molar refractivity (Wildman–Crippen MR) is 66.2 cm³/mol. The molecule has 1 aromatic rings. The lowest BCUT2D eigenvalue weighted by Crippen LogP contribution is -2.36. The Bertz CT molecular complexity index is 567. The SMILES string of the molecule is CC[C@H](CO)NS(=O)(=O)c1ccc(O)c([N+](=O)[O-])c1. The third-order valence-corrected chi connectivity index (χ3v) is 4.01. The molecule has 0 aromatic heterocycles. The lowest BCUT2D eigenvalue weighted by molar-refractivity contribution is -0.386. The number of nitrogens with one attached hydrogen (secondary N) is 1. The van der Waals surface area contributed by atoms with Crippen LogP contribution in [0.4, 0.5) is 5.69 Å². The Morgan fingerprint density at radius 3 is 2.58 bits per heavy atom. The predicted octanol–water partition coefficient (Wildman–Crippen LogP) is 0.350. The molecule has 0 radical (unpaired) electrons. The van der Waals surface area contributed by atoms with E-state index in [2.05, 4.69) is 4.72 Å². The van der Waals surface area contributed by atoms with Gasteiger partial charge < -0.3 is 10.2 Å². The van der Waals surface area contributed by atoms with Crippen LogP contribution in [-0.2, 0) is 10.0 Å². The average Bonchev–Trinajstić information content (AvgIpc) is 2.35. The maximum absolute atomic E-state index is 11.9. The fraction of sp³-hybridized carbons (Fsp3) is 0.400. The van der Waals surface area contributed by atoms with Crippen molar-refractivity contribution in [1.29, 1.82) is 0 Å². The molecule has 0 fully saturated rings. The Morgan fingerprint density at radius 2 is 2.11 bits per heavy atom. The van der Waals surface area contributed by atoms with Crippen molar-refractivity contribution in [2.24, 2.45) is 0 Å². The summed E-state index contributed by atoms with van der Waals surface area (Å²) in [4.78, 5) is 9.40. The van der Waals surface area contributed by atoms with Crippen LogP contribution in [0, 0.1) is 10.1 Å². The molecule has 19 heavy (non-hydrogen) atoms. The highest BCUT2D eigenvalue weighted by Gasteiger charge is 2.23. The van der Waals surface area contributed by atoms with Gasteiger partial charge in [0.05, 0.1) is 16.4 Å². The van der Waals surface area contributed by atoms with Crippen LogP contribution in [0.2, 0.25) is 0 Å². The number of aliphatic hydroxyl groups is 1. The molecule has 3 N–H and O–H groups in total. The first kappa shape index (κ1) is 15.3. The molecule has 0 amide bonds. The van der Waals surface area contributed by atoms with Gasteiger partial charge in [-0.1, -0.05) is 6.92 Å². The van der Waals surface area contributed by atoms with Gasteiger partial charge in [-0.15, -0.1) is 0 Å². The summed E-state index contributed by atoms with van der Waals surface area (Å²) < 4.78 is 26.1. The lowest BCUT2D eigenvalue weighted by Gasteiger charge is -2.14. The number of sulfonamides is 1. The fourth-order valence-electron chi connectivity index (χ4n) is 1.35. The van der Waals surface area contributed by atoms with Crippen LogP contribution in [0.1, 0.15) is 13.3 Å². The van der Waals surface area contributed by atoms with Gasteiger partial charge in [0.15, 0.2) is 5.75 Å². The number of hydrogen-bond acceptors (Lipinski definition) is 6. The van der Waals surface area contributed by atoms with E-state index in [1.165, 1.54) is 0 Å². The molecule has 0 heterocycles. The Hall–Kier alpha value is -1.71. The van der Waals surface area contributed by atoms with E-state index in [0.29, 0.717) is 6.42 Å². The van der Waals surface area contributed by atoms with Gasteiger partial charge in [-0.2, -0.15) is 0 Å². The van der Waals surface area contributed by atoms with E-state index >= 15 is 0 Å². The second kappa shape index (κ2) is 5.95. The Morgan fingerprint density at radius 1 is 1.47 bits per heavy atom. The molecule has 0 saturated heterocycles. The largest absolute Gasteiger partial charge is 0.502 e. The standard InChI is InChI=1S/C10H14N2O6S/c1-2-7(6-13)11-19(17,18)8-3-4-10(14)9(5-8)12(15)16/h3-5,7,11,13-14H,2,6H2,1H3/t7-/m1/s1. The molecule has 0 saturated carbocycles. The van der Waals surface area contributed by atoms with E-state index in [9.17, 15) is 23.6 Å². The Kier molecular flexibility index (Phi) is 4.81. The number of nitrogens with zero attached hydrogens (tertiary/aromatic N) is 1. The Balaban J connectivity index is 3.15. The maximum Gasteiger partial charge on any atom is 0.312 e. The number of benzene rings is 1. The third kappa shape index (κ3) is 3.63. The molecule has 0 bridgehead atoms. The van der Waals surface area contributed by atoms with Crippen molar-refractivity contribution in [3.8, 4) is 5.75 Å². The van der Waals surface area contributed by atoms with Crippen molar-refractivity contribution in [1.82, 2.24) is 4.72 Å². The van der Waals surface area contributed by atoms with Crippen molar-refractivity contribution in [3.63, 3.8) is 0 Å². The normalized spacial score (nSPS) is 13.2. The molecular formula is C10H14N2O6S. The van der Waals surface area contributed by atoms with Gasteiger partial charge in [-0.05, 0) is 18.6 Å². The van der Waals surface area contributed by atoms with Gasteiger partial charge in [0.25, 0.3) is 0 Å². The highest BCUT2D eigenvalue weighted by atomic mass is 32.2. The molecule has 0 aliphatic rings. The summed E-state index contributed by atoms with van der Waals surface area (Å²) in [6, 6.07) is 2.08. The van der Waals surface area contributed by atoms with Gasteiger partial charge in [0, 0.05) is 12.1 Å². The van der Waals surface area contributed by atoms with Crippen LogP contribution in [0.25, 0.3) is 0 Å². The number of nitro groups is 1. The van der Waals surface area contributed by atoms with E-state index in [4.69, 9.17) is 5.11 Å². The van der Waals surface area contributed by atoms with Crippen molar-refractivity contribution < 1.29 is 23.6 Å². The van der Waals surface area contributed by atoms with Crippen LogP contribution in [0.3, 0.4) is 0 Å². The molecule has 0 aliphatic heterocycles. The number of rotatable bonds is 6. The molecule has 8 nitrogen and oxygen atoms in total. The first-order chi connectivity index (χ1) is 8.81. The maximum atomic E-state index is 11.9. The smallest absolute Gasteiger partial charge is 0.312 e. The molecule has 0 spiro atoms. The summed E-state index contributed by atoms with van der Waals surface area (Å²) in [7, 11) is -3.98. The summed E-state index contributed by atoms with van der Waals surface area (Å²) >= 11 is 0. The van der Waals surface area contributed by atoms with E-state index < -0.39 is 32.4 Å². The minimum atomic E-state index is -3.98. The zero-order valence-electron chi connectivity index (χ0n) is 10.1. The monoisotopic (exact) mass is 290 g/mol. The summed E-state index contributed by atoms with van der Waals surface area (Å²) in [5.41, 5.74) is -0.695. The van der Waals surface area contributed by atoms with Crippen molar-refractivity contribution >= 4 is 15.7 Å². The van der Waals surface area contributed by atoms with Crippen LogP contribution in [0.5, 0.6) is 5.75 Å². The second-order valence-corrected chi connectivity index (χ2v) is 5.53. The topological polar surface area (TPSA) is 130 Å². The van der Waals surface area contributed by atoms with E-state index in [0.717, 1.165) is 18.2 Å². The van der Waals surface area contributed by atoms with Crippen LogP contribution >= 0.6 is 0 Å². The molecular weight excluding hydrogens is 276 g/mol. The van der Waals surface area contributed by atoms with Crippen molar-refractivity contribution in [2.45, 2.75) is 24.3 Å². The highest BCUT2D eigenvalue weighted by Crippen LogP contribution is 2.28. The van der Waals surface area contributed by atoms with E-state index in [-0.39, 0.29) is 11.5 Å². The quantitative estimate of drug-likeness (QED) is 0.512. The van der Waals surface area contributed by atoms with E-state index in [1.807, 2.05) is 0 Å². The summed E-state index contributed by atoms with van der Waals surface area (Å²) in [5, 5.41) is 28.8. The van der Waals surface area contributed by atoms with Gasteiger partial charge in [0.1, 0.15) is 0 Å². The molecule has 9 heteroatoms. The first-order valence-corrected chi connectivity index (χ1v) is 6.90. The highest BCUT2D eigenvalue weighted by molar-refractivity contribution is 7.89. The summed E-state index contributed by atoms with van der Waals surface area (Å²) in [5.74, 6) is -0.613. The number of phenols is 1. The lowest BCUT2D eigenvalue weighted by atomic mass is 10.3. The molecule has 1 aromatic carbocycles. The molecule has 1 atom stereocenters. The van der Waals surface area contributed by atoms with Crippen LogP contribution in [0.15, 0.2) is 23.1 Å². The van der Waals surface area contributed by atoms with Gasteiger partial charge in [-0.25, -0.2) is 13.1 Å². The molecule has 0 aliphatic carbocycles. The van der Waals surface area contributed by atoms with Crippen LogP contribution < -0.4 is 4.72 Å². The average molecular weight is 290 g/mol. The molecule has 1 rings (SSSR count). The summed E-state index contributed by atoms with van der Waals surface area (Å²) in [6.45, 7) is 1.30. The number of phenolic OH excluding ortho intramolecular Hbond substituents is 1. The molecule has 106 valence electrons. The number of aromatic hydroxyl groups is 1. The zero-order chi connectivity index (χ0) is 14.6. The van der Waals surface area contributed by atoms with Gasteiger partial charge >= 0.3 is 5.69 Å². The Labute approximate surface area is 109 Å². The number of hydrogen-bond donors (Lipinski definition) is 3. The first-order valence-electron chi connectivity index (χ1n) is 5.42.